The Morgan fingerprint density at radius 1 is 1.08 bits per heavy atom. The number of nitrogens with zero attached hydrogens (tertiary/aromatic N) is 2. The zero-order chi connectivity index (χ0) is 27.4. The molecular formula is C28H33N5O4S. The summed E-state index contributed by atoms with van der Waals surface area (Å²) >= 11 is 0.793. The van der Waals surface area contributed by atoms with Crippen molar-refractivity contribution in [2.24, 2.45) is 5.73 Å². The van der Waals surface area contributed by atoms with Crippen molar-refractivity contribution in [2.45, 2.75) is 58.0 Å². The fraction of sp³-hybridized carbons (Fsp3) is 0.357. The molecule has 0 radical (unpaired) electrons. The summed E-state index contributed by atoms with van der Waals surface area (Å²) in [4.78, 5) is 41.6. The SMILES string of the molecule is COc1ccc([C@H](C(=O)NC2CCCCC2)N(C(=O)c2snc(C(N)=O)c2N)c2cccc(C)c2C)cc1. The highest BCUT2D eigenvalue weighted by Gasteiger charge is 2.37. The number of nitrogen functional groups attached to an aromatic ring is 1. The first-order chi connectivity index (χ1) is 18.2. The van der Waals surface area contributed by atoms with Gasteiger partial charge in [-0.05, 0) is 73.1 Å². The van der Waals surface area contributed by atoms with Crippen LogP contribution in [0.25, 0.3) is 0 Å². The lowest BCUT2D eigenvalue weighted by molar-refractivity contribution is -0.123. The van der Waals surface area contributed by atoms with Crippen LogP contribution in [0.1, 0.15) is 75.0 Å². The lowest BCUT2D eigenvalue weighted by atomic mass is 9.94. The lowest BCUT2D eigenvalue weighted by Crippen LogP contribution is -2.47. The van der Waals surface area contributed by atoms with Gasteiger partial charge in [-0.15, -0.1) is 0 Å². The quantitative estimate of drug-likeness (QED) is 0.393. The summed E-state index contributed by atoms with van der Waals surface area (Å²) in [6.45, 7) is 3.85. The number of amides is 3. The number of aromatic nitrogens is 1. The van der Waals surface area contributed by atoms with Crippen LogP contribution in [0.15, 0.2) is 42.5 Å². The van der Waals surface area contributed by atoms with Gasteiger partial charge in [-0.1, -0.05) is 43.5 Å². The molecule has 0 bridgehead atoms. The number of nitrogens with two attached hydrogens (primary N) is 2. The summed E-state index contributed by atoms with van der Waals surface area (Å²) in [5, 5.41) is 3.19. The monoisotopic (exact) mass is 535 g/mol. The summed E-state index contributed by atoms with van der Waals surface area (Å²) in [5.74, 6) is -1.03. The van der Waals surface area contributed by atoms with E-state index in [4.69, 9.17) is 16.2 Å². The molecule has 0 aliphatic heterocycles. The number of primary amides is 1. The van der Waals surface area contributed by atoms with E-state index in [2.05, 4.69) is 9.69 Å². The molecule has 38 heavy (non-hydrogen) atoms. The van der Waals surface area contributed by atoms with Gasteiger partial charge in [-0.25, -0.2) is 0 Å². The van der Waals surface area contributed by atoms with E-state index in [1.54, 1.807) is 37.4 Å². The maximum Gasteiger partial charge on any atom is 0.273 e. The molecule has 1 atom stereocenters. The molecule has 5 N–H and O–H groups in total. The minimum Gasteiger partial charge on any atom is -0.497 e. The number of aryl methyl sites for hydroxylation is 1. The Morgan fingerprint density at radius 3 is 2.37 bits per heavy atom. The number of nitrogens with one attached hydrogen (secondary N) is 1. The second-order valence-electron chi connectivity index (χ2n) is 9.55. The molecule has 10 heteroatoms. The van der Waals surface area contributed by atoms with E-state index in [1.165, 1.54) is 4.90 Å². The maximum atomic E-state index is 14.3. The van der Waals surface area contributed by atoms with Crippen LogP contribution in [-0.2, 0) is 4.79 Å². The summed E-state index contributed by atoms with van der Waals surface area (Å²) in [7, 11) is 1.57. The summed E-state index contributed by atoms with van der Waals surface area (Å²) in [6.07, 6.45) is 5.02. The number of hydrogen-bond acceptors (Lipinski definition) is 7. The van der Waals surface area contributed by atoms with Gasteiger partial charge in [0.05, 0.1) is 12.8 Å². The van der Waals surface area contributed by atoms with Crippen molar-refractivity contribution >= 4 is 40.6 Å². The number of rotatable bonds is 8. The standard InChI is InChI=1S/C28H33N5O4S/c1-16-8-7-11-21(17(16)2)33(28(36)25-22(29)23(26(30)34)32-38-25)24(18-12-14-20(37-3)15-13-18)27(35)31-19-9-5-4-6-10-19/h7-8,11-15,19,24H,4-6,9-10,29H2,1-3H3,(H2,30,34)(H,31,35)/t24-/m1/s1. The van der Waals surface area contributed by atoms with Crippen molar-refractivity contribution in [3.63, 3.8) is 0 Å². The molecule has 1 saturated carbocycles. The highest BCUT2D eigenvalue weighted by Crippen LogP contribution is 2.36. The molecule has 0 spiro atoms. The fourth-order valence-corrected chi connectivity index (χ4v) is 5.57. The second-order valence-corrected chi connectivity index (χ2v) is 10.3. The van der Waals surface area contributed by atoms with Gasteiger partial charge >= 0.3 is 0 Å². The summed E-state index contributed by atoms with van der Waals surface area (Å²) in [6, 6.07) is 11.7. The van der Waals surface area contributed by atoms with Crippen molar-refractivity contribution < 1.29 is 19.1 Å². The summed E-state index contributed by atoms with van der Waals surface area (Å²) in [5.41, 5.74) is 14.3. The van der Waals surface area contributed by atoms with Gasteiger partial charge in [0.2, 0.25) is 5.91 Å². The second kappa shape index (κ2) is 11.6. The topological polar surface area (TPSA) is 141 Å². The van der Waals surface area contributed by atoms with Gasteiger partial charge < -0.3 is 21.5 Å². The van der Waals surface area contributed by atoms with E-state index in [0.29, 0.717) is 17.0 Å². The first-order valence-corrected chi connectivity index (χ1v) is 13.4. The van der Waals surface area contributed by atoms with Crippen LogP contribution < -0.4 is 26.4 Å². The molecule has 0 saturated heterocycles. The first kappa shape index (κ1) is 27.1. The molecule has 0 unspecified atom stereocenters. The zero-order valence-electron chi connectivity index (χ0n) is 21.8. The van der Waals surface area contributed by atoms with Gasteiger partial charge in [-0.3, -0.25) is 19.3 Å². The minimum atomic E-state index is -1.02. The highest BCUT2D eigenvalue weighted by molar-refractivity contribution is 7.09. The maximum absolute atomic E-state index is 14.3. The van der Waals surface area contributed by atoms with Crippen LogP contribution in [0.2, 0.25) is 0 Å². The number of carbonyl (C=O) groups is 3. The molecule has 1 aliphatic rings. The molecule has 1 heterocycles. The van der Waals surface area contributed by atoms with Crippen molar-refractivity contribution in [3.05, 3.63) is 69.7 Å². The minimum absolute atomic E-state index is 0.0301. The fourth-order valence-electron chi connectivity index (χ4n) is 4.83. The molecule has 1 aromatic heterocycles. The van der Waals surface area contributed by atoms with Gasteiger partial charge in [0.25, 0.3) is 11.8 Å². The third kappa shape index (κ3) is 5.50. The van der Waals surface area contributed by atoms with Gasteiger partial charge in [-0.2, -0.15) is 4.37 Å². The molecule has 9 nitrogen and oxygen atoms in total. The predicted molar refractivity (Wildman–Crippen MR) is 149 cm³/mol. The average Bonchev–Trinajstić information content (AvgIpc) is 3.31. The van der Waals surface area contributed by atoms with Crippen LogP contribution in [0.3, 0.4) is 0 Å². The lowest BCUT2D eigenvalue weighted by Gasteiger charge is -2.34. The molecule has 3 aromatic rings. The van der Waals surface area contributed by atoms with Crippen LogP contribution in [0.5, 0.6) is 5.75 Å². The van der Waals surface area contributed by atoms with Gasteiger partial charge in [0.1, 0.15) is 16.7 Å². The van der Waals surface area contributed by atoms with Gasteiger partial charge in [0.15, 0.2) is 5.69 Å². The third-order valence-corrected chi connectivity index (χ3v) is 7.95. The third-order valence-electron chi connectivity index (χ3n) is 7.10. The Balaban J connectivity index is 1.88. The van der Waals surface area contributed by atoms with Crippen LogP contribution in [0.4, 0.5) is 11.4 Å². The number of anilines is 2. The highest BCUT2D eigenvalue weighted by atomic mass is 32.1. The Kier molecular flexibility index (Phi) is 8.31. The van der Waals surface area contributed by atoms with Crippen molar-refractivity contribution in [2.75, 3.05) is 17.7 Å². The molecule has 1 aliphatic carbocycles. The van der Waals surface area contributed by atoms with E-state index in [1.807, 2.05) is 26.0 Å². The average molecular weight is 536 g/mol. The molecular weight excluding hydrogens is 502 g/mol. The zero-order valence-corrected chi connectivity index (χ0v) is 22.6. The summed E-state index contributed by atoms with van der Waals surface area (Å²) < 4.78 is 9.34. The first-order valence-electron chi connectivity index (χ1n) is 12.6. The number of hydrogen-bond donors (Lipinski definition) is 3. The van der Waals surface area contributed by atoms with E-state index in [-0.39, 0.29) is 28.2 Å². The molecule has 200 valence electrons. The normalized spacial score (nSPS) is 14.5. The number of methoxy groups -OCH3 is 1. The van der Waals surface area contributed by atoms with Crippen LogP contribution in [-0.4, -0.2) is 35.2 Å². The van der Waals surface area contributed by atoms with E-state index in [0.717, 1.165) is 54.8 Å². The Morgan fingerprint density at radius 2 is 1.76 bits per heavy atom. The number of ether oxygens (including phenoxy) is 1. The van der Waals surface area contributed by atoms with E-state index < -0.39 is 17.9 Å². The van der Waals surface area contributed by atoms with Crippen molar-refractivity contribution in [3.8, 4) is 5.75 Å². The number of benzene rings is 2. The Labute approximate surface area is 226 Å². The van der Waals surface area contributed by atoms with E-state index >= 15 is 0 Å². The smallest absolute Gasteiger partial charge is 0.273 e. The van der Waals surface area contributed by atoms with E-state index in [9.17, 15) is 14.4 Å². The Bertz CT molecular complexity index is 1330. The Hall–Kier alpha value is -3.92. The largest absolute Gasteiger partial charge is 0.497 e. The molecule has 4 rings (SSSR count). The molecule has 3 amide bonds. The van der Waals surface area contributed by atoms with Crippen molar-refractivity contribution in [1.29, 1.82) is 0 Å². The van der Waals surface area contributed by atoms with Crippen molar-refractivity contribution in [1.82, 2.24) is 9.69 Å². The van der Waals surface area contributed by atoms with Gasteiger partial charge in [0, 0.05) is 11.7 Å². The molecule has 2 aromatic carbocycles. The molecule has 1 fully saturated rings. The van der Waals surface area contributed by atoms with Crippen LogP contribution in [0, 0.1) is 13.8 Å². The van der Waals surface area contributed by atoms with Crippen LogP contribution >= 0.6 is 11.5 Å². The predicted octanol–water partition coefficient (Wildman–Crippen LogP) is 4.29. The number of carbonyl (C=O) groups excluding carboxylic acids is 3.